The van der Waals surface area contributed by atoms with Gasteiger partial charge in [-0.1, -0.05) is 13.3 Å². The molecule has 0 aliphatic heterocycles. The van der Waals surface area contributed by atoms with Crippen LogP contribution in [0.4, 0.5) is 0 Å². The number of nitrogens with zero attached hydrogens (tertiary/aromatic N) is 2. The highest BCUT2D eigenvalue weighted by Gasteiger charge is 2.21. The standard InChI is InChI=1S/C12H27N3O/c1-6-7-10(2)15(5)11(9-13)8-12(16)14(3)4/h10-11H,6-9,13H2,1-5H3. The van der Waals surface area contributed by atoms with Crippen molar-refractivity contribution in [3.63, 3.8) is 0 Å². The predicted molar refractivity (Wildman–Crippen MR) is 68.3 cm³/mol. The maximum Gasteiger partial charge on any atom is 0.223 e. The Morgan fingerprint density at radius 3 is 2.25 bits per heavy atom. The van der Waals surface area contributed by atoms with Crippen LogP contribution in [-0.4, -0.2) is 55.5 Å². The fraction of sp³-hybridized carbons (Fsp3) is 0.917. The maximum atomic E-state index is 11.6. The van der Waals surface area contributed by atoms with Crippen LogP contribution in [0.15, 0.2) is 0 Å². The molecule has 0 rings (SSSR count). The van der Waals surface area contributed by atoms with E-state index in [-0.39, 0.29) is 11.9 Å². The van der Waals surface area contributed by atoms with Gasteiger partial charge in [-0.25, -0.2) is 0 Å². The summed E-state index contributed by atoms with van der Waals surface area (Å²) in [7, 11) is 5.62. The molecule has 1 amide bonds. The van der Waals surface area contributed by atoms with Crippen LogP contribution in [0, 0.1) is 0 Å². The molecular weight excluding hydrogens is 202 g/mol. The molecule has 2 unspecified atom stereocenters. The van der Waals surface area contributed by atoms with Gasteiger partial charge in [-0.05, 0) is 20.4 Å². The van der Waals surface area contributed by atoms with E-state index in [0.29, 0.717) is 19.0 Å². The minimum absolute atomic E-state index is 0.144. The van der Waals surface area contributed by atoms with E-state index >= 15 is 0 Å². The van der Waals surface area contributed by atoms with E-state index in [1.165, 1.54) is 0 Å². The Labute approximate surface area is 99.8 Å². The third kappa shape index (κ3) is 4.94. The summed E-state index contributed by atoms with van der Waals surface area (Å²) in [5.41, 5.74) is 5.74. The zero-order valence-corrected chi connectivity index (χ0v) is 11.4. The Morgan fingerprint density at radius 1 is 1.31 bits per heavy atom. The number of hydrogen-bond acceptors (Lipinski definition) is 3. The summed E-state index contributed by atoms with van der Waals surface area (Å²) in [6.07, 6.45) is 2.81. The molecule has 0 saturated carbocycles. The second kappa shape index (κ2) is 7.63. The number of nitrogens with two attached hydrogens (primary N) is 1. The SMILES string of the molecule is CCCC(C)N(C)C(CN)CC(=O)N(C)C. The molecule has 96 valence electrons. The molecule has 0 aromatic carbocycles. The minimum atomic E-state index is 0.144. The lowest BCUT2D eigenvalue weighted by Gasteiger charge is -2.32. The van der Waals surface area contributed by atoms with Gasteiger partial charge in [0.1, 0.15) is 0 Å². The first-order chi connectivity index (χ1) is 7.43. The van der Waals surface area contributed by atoms with Gasteiger partial charge in [0.15, 0.2) is 0 Å². The highest BCUT2D eigenvalue weighted by molar-refractivity contribution is 5.76. The summed E-state index contributed by atoms with van der Waals surface area (Å²) in [6.45, 7) is 4.89. The number of amides is 1. The van der Waals surface area contributed by atoms with Crippen LogP contribution in [0.5, 0.6) is 0 Å². The molecule has 16 heavy (non-hydrogen) atoms. The molecule has 0 aromatic rings. The monoisotopic (exact) mass is 229 g/mol. The normalized spacial score (nSPS) is 14.9. The summed E-state index contributed by atoms with van der Waals surface area (Å²) in [5, 5.41) is 0. The van der Waals surface area contributed by atoms with Crippen molar-refractivity contribution in [2.24, 2.45) is 5.73 Å². The first-order valence-corrected chi connectivity index (χ1v) is 6.06. The average molecular weight is 229 g/mol. The zero-order chi connectivity index (χ0) is 12.7. The fourth-order valence-electron chi connectivity index (χ4n) is 1.76. The van der Waals surface area contributed by atoms with Gasteiger partial charge in [-0.3, -0.25) is 9.69 Å². The second-order valence-corrected chi connectivity index (χ2v) is 4.68. The van der Waals surface area contributed by atoms with E-state index in [0.717, 1.165) is 12.8 Å². The van der Waals surface area contributed by atoms with E-state index in [1.54, 1.807) is 19.0 Å². The highest BCUT2D eigenvalue weighted by Crippen LogP contribution is 2.11. The third-order valence-electron chi connectivity index (χ3n) is 3.16. The molecule has 0 aliphatic carbocycles. The van der Waals surface area contributed by atoms with Crippen molar-refractivity contribution in [2.45, 2.75) is 45.2 Å². The molecule has 0 heterocycles. The fourth-order valence-corrected chi connectivity index (χ4v) is 1.76. The molecule has 0 spiro atoms. The van der Waals surface area contributed by atoms with Crippen LogP contribution in [0.3, 0.4) is 0 Å². The number of carbonyl (C=O) groups excluding carboxylic acids is 1. The third-order valence-corrected chi connectivity index (χ3v) is 3.16. The maximum absolute atomic E-state index is 11.6. The van der Waals surface area contributed by atoms with Crippen LogP contribution >= 0.6 is 0 Å². The summed E-state index contributed by atoms with van der Waals surface area (Å²) in [5.74, 6) is 0.144. The van der Waals surface area contributed by atoms with E-state index in [4.69, 9.17) is 5.73 Å². The molecule has 0 bridgehead atoms. The van der Waals surface area contributed by atoms with Gasteiger partial charge >= 0.3 is 0 Å². The number of likely N-dealkylation sites (N-methyl/N-ethyl adjacent to an activating group) is 1. The molecule has 0 fully saturated rings. The zero-order valence-electron chi connectivity index (χ0n) is 11.4. The molecule has 0 radical (unpaired) electrons. The molecule has 2 N–H and O–H groups in total. The topological polar surface area (TPSA) is 49.6 Å². The molecule has 0 aliphatic rings. The lowest BCUT2D eigenvalue weighted by atomic mass is 10.1. The summed E-state index contributed by atoms with van der Waals surface area (Å²) < 4.78 is 0. The van der Waals surface area contributed by atoms with Gasteiger partial charge in [-0.2, -0.15) is 0 Å². The molecule has 0 aromatic heterocycles. The van der Waals surface area contributed by atoms with Crippen molar-refractivity contribution in [1.29, 1.82) is 0 Å². The Hall–Kier alpha value is -0.610. The predicted octanol–water partition coefficient (Wildman–Crippen LogP) is 0.912. The first kappa shape index (κ1) is 15.4. The van der Waals surface area contributed by atoms with Gasteiger partial charge in [0, 0.05) is 39.1 Å². The van der Waals surface area contributed by atoms with E-state index in [2.05, 4.69) is 25.8 Å². The summed E-state index contributed by atoms with van der Waals surface area (Å²) >= 11 is 0. The largest absolute Gasteiger partial charge is 0.349 e. The van der Waals surface area contributed by atoms with Gasteiger partial charge in [0.25, 0.3) is 0 Å². The first-order valence-electron chi connectivity index (χ1n) is 6.06. The Kier molecular flexibility index (Phi) is 7.34. The van der Waals surface area contributed by atoms with Gasteiger partial charge < -0.3 is 10.6 Å². The van der Waals surface area contributed by atoms with Crippen LogP contribution < -0.4 is 5.73 Å². The summed E-state index contributed by atoms with van der Waals surface area (Å²) in [4.78, 5) is 15.5. The van der Waals surface area contributed by atoms with Gasteiger partial charge in [0.2, 0.25) is 5.91 Å². The quantitative estimate of drug-likeness (QED) is 0.706. The lowest BCUT2D eigenvalue weighted by molar-refractivity contribution is -0.130. The minimum Gasteiger partial charge on any atom is -0.349 e. The van der Waals surface area contributed by atoms with Crippen molar-refractivity contribution >= 4 is 5.91 Å². The van der Waals surface area contributed by atoms with E-state index < -0.39 is 0 Å². The molecule has 4 heteroatoms. The number of carbonyl (C=O) groups is 1. The Morgan fingerprint density at radius 2 is 1.88 bits per heavy atom. The molecule has 0 saturated heterocycles. The van der Waals surface area contributed by atoms with Crippen LogP contribution in [0.1, 0.15) is 33.1 Å². The Bertz CT molecular complexity index is 206. The van der Waals surface area contributed by atoms with E-state index in [9.17, 15) is 4.79 Å². The van der Waals surface area contributed by atoms with Crippen LogP contribution in [0.25, 0.3) is 0 Å². The van der Waals surface area contributed by atoms with Crippen LogP contribution in [-0.2, 0) is 4.79 Å². The van der Waals surface area contributed by atoms with E-state index in [1.807, 2.05) is 0 Å². The number of hydrogen-bond donors (Lipinski definition) is 1. The average Bonchev–Trinajstić information content (AvgIpc) is 2.24. The van der Waals surface area contributed by atoms with Gasteiger partial charge in [-0.15, -0.1) is 0 Å². The van der Waals surface area contributed by atoms with Crippen LogP contribution in [0.2, 0.25) is 0 Å². The number of rotatable bonds is 7. The molecule has 2 atom stereocenters. The van der Waals surface area contributed by atoms with Crippen molar-refractivity contribution in [3.8, 4) is 0 Å². The molecular formula is C12H27N3O. The van der Waals surface area contributed by atoms with Gasteiger partial charge in [0.05, 0.1) is 0 Å². The van der Waals surface area contributed by atoms with Crippen molar-refractivity contribution in [1.82, 2.24) is 9.80 Å². The van der Waals surface area contributed by atoms with Crippen molar-refractivity contribution in [2.75, 3.05) is 27.7 Å². The highest BCUT2D eigenvalue weighted by atomic mass is 16.2. The smallest absolute Gasteiger partial charge is 0.223 e. The van der Waals surface area contributed by atoms with Crippen molar-refractivity contribution < 1.29 is 4.79 Å². The lowest BCUT2D eigenvalue weighted by Crippen LogP contribution is -2.45. The van der Waals surface area contributed by atoms with Crippen molar-refractivity contribution in [3.05, 3.63) is 0 Å². The molecule has 4 nitrogen and oxygen atoms in total. The second-order valence-electron chi connectivity index (χ2n) is 4.68. The summed E-state index contributed by atoms with van der Waals surface area (Å²) in [6, 6.07) is 0.630. The Balaban J connectivity index is 4.31.